The number of hydrogen-bond acceptors (Lipinski definition) is 3. The summed E-state index contributed by atoms with van der Waals surface area (Å²) in [6, 6.07) is 6.52. The number of ether oxygens (including phenoxy) is 1. The van der Waals surface area contributed by atoms with Gasteiger partial charge in [0.25, 0.3) is 5.91 Å². The van der Waals surface area contributed by atoms with Crippen molar-refractivity contribution in [2.45, 2.75) is 45.6 Å². The number of nitrogens with one attached hydrogen (secondary N) is 1. The van der Waals surface area contributed by atoms with Crippen molar-refractivity contribution in [3.8, 4) is 5.75 Å². The second-order valence-corrected chi connectivity index (χ2v) is 6.43. The maximum absolute atomic E-state index is 12.4. The van der Waals surface area contributed by atoms with Crippen LogP contribution in [0.2, 0.25) is 0 Å². The minimum atomic E-state index is 0.0916. The Balaban J connectivity index is 2.00. The molecule has 0 bridgehead atoms. The Bertz CT molecular complexity index is 514. The first-order chi connectivity index (χ1) is 10.5. The van der Waals surface area contributed by atoms with Crippen molar-refractivity contribution in [3.63, 3.8) is 0 Å². The third-order valence-electron chi connectivity index (χ3n) is 4.28. The molecule has 0 aromatic heterocycles. The molecule has 4 heteroatoms. The first-order valence-corrected chi connectivity index (χ1v) is 8.20. The number of benzene rings is 1. The smallest absolute Gasteiger partial charge is 0.260 e. The Labute approximate surface area is 133 Å². The van der Waals surface area contributed by atoms with Crippen molar-refractivity contribution in [2.75, 3.05) is 26.7 Å². The van der Waals surface area contributed by atoms with E-state index in [4.69, 9.17) is 4.74 Å². The number of aryl methyl sites for hydroxylation is 1. The van der Waals surface area contributed by atoms with Crippen LogP contribution in [0.15, 0.2) is 18.2 Å². The molecular weight excluding hydrogens is 276 g/mol. The lowest BCUT2D eigenvalue weighted by atomic mass is 10.0. The molecule has 0 radical (unpaired) electrons. The van der Waals surface area contributed by atoms with Crippen LogP contribution in [0.3, 0.4) is 0 Å². The third kappa shape index (κ3) is 4.01. The normalized spacial score (nSPS) is 18.0. The van der Waals surface area contributed by atoms with Gasteiger partial charge in [0.2, 0.25) is 0 Å². The highest BCUT2D eigenvalue weighted by Crippen LogP contribution is 2.27. The Morgan fingerprint density at radius 2 is 2.23 bits per heavy atom. The Hall–Kier alpha value is -1.55. The van der Waals surface area contributed by atoms with Crippen LogP contribution in [0.5, 0.6) is 5.75 Å². The number of carbonyl (C=O) groups is 1. The molecule has 1 atom stereocenters. The van der Waals surface area contributed by atoms with Crippen LogP contribution in [0.4, 0.5) is 0 Å². The Morgan fingerprint density at radius 1 is 1.45 bits per heavy atom. The maximum Gasteiger partial charge on any atom is 0.260 e. The molecule has 1 aromatic carbocycles. The van der Waals surface area contributed by atoms with E-state index in [1.54, 1.807) is 0 Å². The van der Waals surface area contributed by atoms with Gasteiger partial charge in [-0.05, 0) is 49.9 Å². The van der Waals surface area contributed by atoms with E-state index in [-0.39, 0.29) is 12.5 Å². The van der Waals surface area contributed by atoms with E-state index < -0.39 is 0 Å². The molecule has 1 saturated heterocycles. The Kier molecular flexibility index (Phi) is 5.83. The van der Waals surface area contributed by atoms with Crippen molar-refractivity contribution in [3.05, 3.63) is 29.3 Å². The van der Waals surface area contributed by atoms with Crippen LogP contribution in [0, 0.1) is 6.92 Å². The average Bonchev–Trinajstić information content (AvgIpc) is 2.93. The fraction of sp³-hybridized carbons (Fsp3) is 0.611. The first kappa shape index (κ1) is 16.8. The minimum absolute atomic E-state index is 0.0916. The molecule has 0 aliphatic carbocycles. The van der Waals surface area contributed by atoms with Crippen molar-refractivity contribution < 1.29 is 9.53 Å². The summed E-state index contributed by atoms with van der Waals surface area (Å²) >= 11 is 0. The van der Waals surface area contributed by atoms with Gasteiger partial charge in [-0.3, -0.25) is 4.79 Å². The molecule has 1 unspecified atom stereocenters. The number of rotatable bonds is 6. The van der Waals surface area contributed by atoms with Crippen LogP contribution in [0.1, 0.15) is 43.7 Å². The van der Waals surface area contributed by atoms with Gasteiger partial charge in [-0.15, -0.1) is 0 Å². The maximum atomic E-state index is 12.4. The van der Waals surface area contributed by atoms with Crippen molar-refractivity contribution in [1.82, 2.24) is 10.2 Å². The zero-order chi connectivity index (χ0) is 16.1. The molecule has 0 spiro atoms. The summed E-state index contributed by atoms with van der Waals surface area (Å²) < 4.78 is 5.87. The average molecular weight is 304 g/mol. The minimum Gasteiger partial charge on any atom is -0.483 e. The van der Waals surface area contributed by atoms with Crippen LogP contribution < -0.4 is 10.1 Å². The lowest BCUT2D eigenvalue weighted by Crippen LogP contribution is -2.43. The first-order valence-electron chi connectivity index (χ1n) is 8.20. The zero-order valence-corrected chi connectivity index (χ0v) is 14.2. The number of amides is 1. The van der Waals surface area contributed by atoms with Crippen LogP contribution in [0.25, 0.3) is 0 Å². The van der Waals surface area contributed by atoms with Gasteiger partial charge in [-0.25, -0.2) is 0 Å². The number of carbonyl (C=O) groups excluding carboxylic acids is 1. The molecule has 1 amide bonds. The van der Waals surface area contributed by atoms with E-state index in [2.05, 4.69) is 31.3 Å². The van der Waals surface area contributed by atoms with E-state index >= 15 is 0 Å². The molecular formula is C18H28N2O2. The summed E-state index contributed by atoms with van der Waals surface area (Å²) in [5.41, 5.74) is 2.31. The lowest BCUT2D eigenvalue weighted by molar-refractivity contribution is -0.134. The van der Waals surface area contributed by atoms with Gasteiger partial charge in [0, 0.05) is 19.1 Å². The number of hydrogen-bond donors (Lipinski definition) is 1. The zero-order valence-electron chi connectivity index (χ0n) is 14.2. The van der Waals surface area contributed by atoms with Gasteiger partial charge in [0.1, 0.15) is 5.75 Å². The van der Waals surface area contributed by atoms with Gasteiger partial charge in [-0.2, -0.15) is 0 Å². The molecule has 1 fully saturated rings. The number of nitrogens with zero attached hydrogens (tertiary/aromatic N) is 1. The third-order valence-corrected chi connectivity index (χ3v) is 4.28. The van der Waals surface area contributed by atoms with E-state index in [9.17, 15) is 4.79 Å². The van der Waals surface area contributed by atoms with E-state index in [1.165, 1.54) is 0 Å². The molecule has 1 N–H and O–H groups in total. The van der Waals surface area contributed by atoms with Gasteiger partial charge < -0.3 is 15.0 Å². The standard InChI is InChI=1S/C18H28N2O2/c1-13(2)16-8-7-14(3)10-17(16)22-12-18(21)20-9-5-6-15(20)11-19-4/h7-8,10,13,15,19H,5-6,9,11-12H2,1-4H3. The van der Waals surface area contributed by atoms with Gasteiger partial charge in [0.15, 0.2) is 6.61 Å². The van der Waals surface area contributed by atoms with Gasteiger partial charge in [0.05, 0.1) is 0 Å². The van der Waals surface area contributed by atoms with E-state index in [0.717, 1.165) is 42.8 Å². The SMILES string of the molecule is CNCC1CCCN1C(=O)COc1cc(C)ccc1C(C)C. The highest BCUT2D eigenvalue weighted by molar-refractivity contribution is 5.78. The second kappa shape index (κ2) is 7.63. The van der Waals surface area contributed by atoms with E-state index in [0.29, 0.717) is 12.0 Å². The van der Waals surface area contributed by atoms with Crippen LogP contribution in [-0.2, 0) is 4.79 Å². The predicted molar refractivity (Wildman–Crippen MR) is 89.4 cm³/mol. The van der Waals surface area contributed by atoms with Crippen LogP contribution in [-0.4, -0.2) is 43.6 Å². The molecule has 0 saturated carbocycles. The van der Waals surface area contributed by atoms with Crippen molar-refractivity contribution in [1.29, 1.82) is 0 Å². The highest BCUT2D eigenvalue weighted by Gasteiger charge is 2.28. The summed E-state index contributed by atoms with van der Waals surface area (Å²) in [4.78, 5) is 14.4. The summed E-state index contributed by atoms with van der Waals surface area (Å²) in [7, 11) is 1.93. The van der Waals surface area contributed by atoms with Gasteiger partial charge >= 0.3 is 0 Å². The number of likely N-dealkylation sites (N-methyl/N-ethyl adjacent to an activating group) is 1. The molecule has 1 heterocycles. The van der Waals surface area contributed by atoms with E-state index in [1.807, 2.05) is 24.9 Å². The molecule has 22 heavy (non-hydrogen) atoms. The van der Waals surface area contributed by atoms with Crippen LogP contribution >= 0.6 is 0 Å². The Morgan fingerprint density at radius 3 is 2.91 bits per heavy atom. The molecule has 122 valence electrons. The molecule has 2 rings (SSSR count). The monoisotopic (exact) mass is 304 g/mol. The number of likely N-dealkylation sites (tertiary alicyclic amines) is 1. The predicted octanol–water partition coefficient (Wildman–Crippen LogP) is 2.71. The van der Waals surface area contributed by atoms with Crippen molar-refractivity contribution >= 4 is 5.91 Å². The topological polar surface area (TPSA) is 41.6 Å². The molecule has 1 aliphatic rings. The summed E-state index contributed by atoms with van der Waals surface area (Å²) in [5, 5.41) is 3.17. The fourth-order valence-electron chi connectivity index (χ4n) is 3.08. The molecule has 1 aromatic rings. The lowest BCUT2D eigenvalue weighted by Gasteiger charge is -2.25. The van der Waals surface area contributed by atoms with Gasteiger partial charge in [-0.1, -0.05) is 26.0 Å². The fourth-order valence-corrected chi connectivity index (χ4v) is 3.08. The largest absolute Gasteiger partial charge is 0.483 e. The molecule has 1 aliphatic heterocycles. The van der Waals surface area contributed by atoms with Crippen molar-refractivity contribution in [2.24, 2.45) is 0 Å². The quantitative estimate of drug-likeness (QED) is 0.878. The highest BCUT2D eigenvalue weighted by atomic mass is 16.5. The summed E-state index contributed by atoms with van der Waals surface area (Å²) in [6.07, 6.45) is 2.16. The molecule has 4 nitrogen and oxygen atoms in total. The summed E-state index contributed by atoms with van der Waals surface area (Å²) in [6.45, 7) is 8.16. The summed E-state index contributed by atoms with van der Waals surface area (Å²) in [5.74, 6) is 1.32. The second-order valence-electron chi connectivity index (χ2n) is 6.43.